The normalized spacial score (nSPS) is 13.4. The maximum atomic E-state index is 5.96. The average Bonchev–Trinajstić information content (AvgIpc) is 3.38. The van der Waals surface area contributed by atoms with Gasteiger partial charge in [0.25, 0.3) is 0 Å². The minimum Gasteiger partial charge on any atom is -0.489 e. The SMILES string of the molecule is CC#C[C@@H](CC1=NN=NC1)c1ccc(OCc2ccc3sccc3c2)cc1.S. The van der Waals surface area contributed by atoms with Gasteiger partial charge in [0.05, 0.1) is 11.6 Å². The third kappa shape index (κ3) is 4.80. The fourth-order valence-electron chi connectivity index (χ4n) is 3.08. The van der Waals surface area contributed by atoms with Gasteiger partial charge in [-0.05, 0) is 64.4 Å². The van der Waals surface area contributed by atoms with Crippen molar-refractivity contribution in [2.45, 2.75) is 25.9 Å². The van der Waals surface area contributed by atoms with Crippen molar-refractivity contribution in [1.82, 2.24) is 0 Å². The molecule has 2 heterocycles. The first-order chi connectivity index (χ1) is 13.3. The predicted molar refractivity (Wildman–Crippen MR) is 121 cm³/mol. The second-order valence-corrected chi connectivity index (χ2v) is 7.30. The van der Waals surface area contributed by atoms with E-state index in [-0.39, 0.29) is 19.4 Å². The number of nitrogens with zero attached hydrogens (tertiary/aromatic N) is 3. The summed E-state index contributed by atoms with van der Waals surface area (Å²) in [6.45, 7) is 3.00. The summed E-state index contributed by atoms with van der Waals surface area (Å²) in [7, 11) is 0. The van der Waals surface area contributed by atoms with Crippen LogP contribution < -0.4 is 4.74 Å². The highest BCUT2D eigenvalue weighted by molar-refractivity contribution is 7.59. The zero-order valence-electron chi connectivity index (χ0n) is 15.6. The Labute approximate surface area is 175 Å². The van der Waals surface area contributed by atoms with E-state index in [1.54, 1.807) is 11.3 Å². The van der Waals surface area contributed by atoms with E-state index in [1.165, 1.54) is 15.6 Å². The molecule has 28 heavy (non-hydrogen) atoms. The molecule has 0 saturated carbocycles. The van der Waals surface area contributed by atoms with Gasteiger partial charge in [-0.25, -0.2) is 0 Å². The molecule has 0 saturated heterocycles. The highest BCUT2D eigenvalue weighted by Crippen LogP contribution is 2.25. The molecular formula is C22H21N3OS2. The molecule has 0 unspecified atom stereocenters. The van der Waals surface area contributed by atoms with Crippen molar-refractivity contribution >= 4 is 40.6 Å². The van der Waals surface area contributed by atoms with Crippen LogP contribution >= 0.6 is 24.8 Å². The zero-order valence-corrected chi connectivity index (χ0v) is 17.4. The van der Waals surface area contributed by atoms with Gasteiger partial charge in [0.1, 0.15) is 18.9 Å². The zero-order chi connectivity index (χ0) is 18.5. The summed E-state index contributed by atoms with van der Waals surface area (Å²) >= 11 is 1.76. The Bertz CT molecular complexity index is 1060. The van der Waals surface area contributed by atoms with Crippen molar-refractivity contribution in [3.63, 3.8) is 0 Å². The highest BCUT2D eigenvalue weighted by atomic mass is 32.1. The molecule has 0 spiro atoms. The van der Waals surface area contributed by atoms with Crippen LogP contribution in [0.5, 0.6) is 5.75 Å². The Morgan fingerprint density at radius 3 is 2.75 bits per heavy atom. The molecule has 1 aromatic heterocycles. The molecule has 4 rings (SSSR count). The third-order valence-corrected chi connectivity index (χ3v) is 5.36. The number of hydrogen-bond acceptors (Lipinski definition) is 5. The minimum absolute atomic E-state index is 0. The first-order valence-corrected chi connectivity index (χ1v) is 9.73. The molecule has 0 radical (unpaired) electrons. The van der Waals surface area contributed by atoms with Crippen molar-refractivity contribution in [2.24, 2.45) is 15.4 Å². The van der Waals surface area contributed by atoms with E-state index in [0.29, 0.717) is 13.2 Å². The molecule has 0 N–H and O–H groups in total. The van der Waals surface area contributed by atoms with E-state index >= 15 is 0 Å². The molecule has 1 aliphatic rings. The number of hydrogen-bond donors (Lipinski definition) is 0. The van der Waals surface area contributed by atoms with E-state index in [9.17, 15) is 0 Å². The van der Waals surface area contributed by atoms with E-state index in [4.69, 9.17) is 4.74 Å². The Morgan fingerprint density at radius 1 is 1.14 bits per heavy atom. The van der Waals surface area contributed by atoms with Crippen molar-refractivity contribution in [3.8, 4) is 17.6 Å². The van der Waals surface area contributed by atoms with Gasteiger partial charge in [-0.1, -0.05) is 24.1 Å². The Kier molecular flexibility index (Phi) is 6.85. The van der Waals surface area contributed by atoms with Gasteiger partial charge in [-0.2, -0.15) is 18.6 Å². The monoisotopic (exact) mass is 407 g/mol. The average molecular weight is 408 g/mol. The molecule has 2 aromatic carbocycles. The Hall–Kier alpha value is -2.62. The smallest absolute Gasteiger partial charge is 0.119 e. The molecular weight excluding hydrogens is 386 g/mol. The molecule has 1 aliphatic heterocycles. The largest absolute Gasteiger partial charge is 0.489 e. The molecule has 3 aromatic rings. The summed E-state index contributed by atoms with van der Waals surface area (Å²) in [5.74, 6) is 7.24. The second kappa shape index (κ2) is 9.54. The predicted octanol–water partition coefficient (Wildman–Crippen LogP) is 5.91. The Balaban J connectivity index is 0.00000225. The van der Waals surface area contributed by atoms with Gasteiger partial charge in [-0.15, -0.1) is 22.4 Å². The quantitative estimate of drug-likeness (QED) is 0.468. The summed E-state index contributed by atoms with van der Waals surface area (Å²) in [6, 6.07) is 16.8. The number of ether oxygens (including phenoxy) is 1. The van der Waals surface area contributed by atoms with Crippen LogP contribution in [-0.4, -0.2) is 12.3 Å². The molecule has 0 amide bonds. The molecule has 0 bridgehead atoms. The standard InChI is InChI=1S/C22H19N3OS.H2S/c1-2-3-18(13-20-14-23-25-24-20)17-5-7-21(8-6-17)26-15-16-4-9-22-19(12-16)10-11-27-22;/h4-12,18H,13-15H2,1H3;1H2/t18-;/m0./s1. The number of benzene rings is 2. The molecule has 4 nitrogen and oxygen atoms in total. The number of fused-ring (bicyclic) bond motifs is 1. The summed E-state index contributed by atoms with van der Waals surface area (Å²) in [4.78, 5) is 0. The van der Waals surface area contributed by atoms with Crippen molar-refractivity contribution in [1.29, 1.82) is 0 Å². The van der Waals surface area contributed by atoms with Gasteiger partial charge in [0.15, 0.2) is 0 Å². The molecule has 6 heteroatoms. The van der Waals surface area contributed by atoms with Crippen LogP contribution in [0.1, 0.15) is 30.4 Å². The van der Waals surface area contributed by atoms with Gasteiger partial charge in [-0.3, -0.25) is 0 Å². The summed E-state index contributed by atoms with van der Waals surface area (Å²) in [5, 5.41) is 15.1. The molecule has 0 fully saturated rings. The summed E-state index contributed by atoms with van der Waals surface area (Å²) in [6.07, 6.45) is 0.759. The van der Waals surface area contributed by atoms with Crippen molar-refractivity contribution in [3.05, 3.63) is 65.0 Å². The minimum atomic E-state index is 0. The fraction of sp³-hybridized carbons (Fsp3) is 0.227. The van der Waals surface area contributed by atoms with Gasteiger partial charge < -0.3 is 4.74 Å². The van der Waals surface area contributed by atoms with E-state index < -0.39 is 0 Å². The molecule has 1 atom stereocenters. The lowest BCUT2D eigenvalue weighted by atomic mass is 9.94. The van der Waals surface area contributed by atoms with Crippen LogP contribution in [0.4, 0.5) is 0 Å². The lowest BCUT2D eigenvalue weighted by Gasteiger charge is -2.12. The highest BCUT2D eigenvalue weighted by Gasteiger charge is 2.14. The maximum Gasteiger partial charge on any atom is 0.119 e. The lowest BCUT2D eigenvalue weighted by molar-refractivity contribution is 0.306. The van der Waals surface area contributed by atoms with E-state index in [1.807, 2.05) is 19.1 Å². The first-order valence-electron chi connectivity index (χ1n) is 8.85. The van der Waals surface area contributed by atoms with Crippen LogP contribution in [0.3, 0.4) is 0 Å². The van der Waals surface area contributed by atoms with Gasteiger partial charge in [0, 0.05) is 11.1 Å². The van der Waals surface area contributed by atoms with Gasteiger partial charge in [0.2, 0.25) is 0 Å². The Morgan fingerprint density at radius 2 is 2.00 bits per heavy atom. The van der Waals surface area contributed by atoms with Crippen LogP contribution in [0, 0.1) is 11.8 Å². The first kappa shape index (κ1) is 20.1. The van der Waals surface area contributed by atoms with Crippen LogP contribution in [-0.2, 0) is 6.61 Å². The summed E-state index contributed by atoms with van der Waals surface area (Å²) in [5.41, 5.74) is 3.31. The molecule has 142 valence electrons. The molecule has 0 aliphatic carbocycles. The van der Waals surface area contributed by atoms with Crippen LogP contribution in [0.15, 0.2) is 69.3 Å². The second-order valence-electron chi connectivity index (χ2n) is 6.36. The van der Waals surface area contributed by atoms with Crippen LogP contribution in [0.2, 0.25) is 0 Å². The van der Waals surface area contributed by atoms with E-state index in [0.717, 1.165) is 23.4 Å². The van der Waals surface area contributed by atoms with E-state index in [2.05, 4.69) is 69.1 Å². The topological polar surface area (TPSA) is 46.3 Å². The number of thiophene rings is 1. The van der Waals surface area contributed by atoms with Crippen LogP contribution in [0.25, 0.3) is 10.1 Å². The van der Waals surface area contributed by atoms with Gasteiger partial charge >= 0.3 is 0 Å². The summed E-state index contributed by atoms with van der Waals surface area (Å²) < 4.78 is 7.26. The lowest BCUT2D eigenvalue weighted by Crippen LogP contribution is -2.07. The van der Waals surface area contributed by atoms with Crippen molar-refractivity contribution < 1.29 is 4.74 Å². The van der Waals surface area contributed by atoms with Crippen molar-refractivity contribution in [2.75, 3.05) is 6.54 Å². The fourth-order valence-corrected chi connectivity index (χ4v) is 3.85. The third-order valence-electron chi connectivity index (χ3n) is 4.47. The maximum absolute atomic E-state index is 5.96. The number of rotatable bonds is 6.